The van der Waals surface area contributed by atoms with Crippen molar-refractivity contribution in [3.63, 3.8) is 0 Å². The fourth-order valence-electron chi connectivity index (χ4n) is 1.15. The Morgan fingerprint density at radius 3 is 2.28 bits per heavy atom. The molecule has 0 saturated carbocycles. The van der Waals surface area contributed by atoms with Gasteiger partial charge in [0.05, 0.1) is 5.75 Å². The van der Waals surface area contributed by atoms with Gasteiger partial charge in [0.1, 0.15) is 15.4 Å². The molecule has 0 radical (unpaired) electrons. The summed E-state index contributed by atoms with van der Waals surface area (Å²) in [5, 5.41) is 5.65. The minimum Gasteiger partial charge on any atom is -0.444 e. The zero-order valence-corrected chi connectivity index (χ0v) is 12.4. The standard InChI is InChI=1S/C11H24N2O4S/c1-11(2,3)17-10(14)13-8-7-12-6-5-9-18(4,15)16/h12H,5-9H2,1-4H3,(H,13,14). The molecular weight excluding hydrogens is 256 g/mol. The van der Waals surface area contributed by atoms with Gasteiger partial charge in [0.15, 0.2) is 0 Å². The van der Waals surface area contributed by atoms with Gasteiger partial charge in [0.2, 0.25) is 0 Å². The Morgan fingerprint density at radius 2 is 1.78 bits per heavy atom. The molecule has 0 aromatic rings. The summed E-state index contributed by atoms with van der Waals surface area (Å²) in [7, 11) is -2.88. The van der Waals surface area contributed by atoms with Gasteiger partial charge in [0, 0.05) is 19.3 Å². The Hall–Kier alpha value is -0.820. The van der Waals surface area contributed by atoms with Crippen molar-refractivity contribution in [1.29, 1.82) is 0 Å². The van der Waals surface area contributed by atoms with E-state index < -0.39 is 21.5 Å². The van der Waals surface area contributed by atoms with Crippen LogP contribution in [0.2, 0.25) is 0 Å². The Kier molecular flexibility index (Phi) is 7.23. The average molecular weight is 280 g/mol. The fourth-order valence-corrected chi connectivity index (χ4v) is 1.82. The van der Waals surface area contributed by atoms with Crippen LogP contribution < -0.4 is 10.6 Å². The number of hydrogen-bond donors (Lipinski definition) is 2. The predicted molar refractivity (Wildman–Crippen MR) is 71.4 cm³/mol. The van der Waals surface area contributed by atoms with Crippen LogP contribution >= 0.6 is 0 Å². The van der Waals surface area contributed by atoms with Crippen molar-refractivity contribution in [3.8, 4) is 0 Å². The molecule has 18 heavy (non-hydrogen) atoms. The van der Waals surface area contributed by atoms with E-state index in [4.69, 9.17) is 4.74 Å². The van der Waals surface area contributed by atoms with Crippen molar-refractivity contribution in [1.82, 2.24) is 10.6 Å². The van der Waals surface area contributed by atoms with Gasteiger partial charge in [0.25, 0.3) is 0 Å². The number of carbonyl (C=O) groups excluding carboxylic acids is 1. The molecule has 0 aromatic heterocycles. The number of alkyl carbamates (subject to hydrolysis) is 1. The minimum atomic E-state index is -2.88. The van der Waals surface area contributed by atoms with Crippen LogP contribution in [0.3, 0.4) is 0 Å². The first-order chi connectivity index (χ1) is 8.10. The van der Waals surface area contributed by atoms with Gasteiger partial charge < -0.3 is 15.4 Å². The minimum absolute atomic E-state index is 0.180. The summed E-state index contributed by atoms with van der Waals surface area (Å²) >= 11 is 0. The zero-order chi connectivity index (χ0) is 14.2. The van der Waals surface area contributed by atoms with E-state index in [1.807, 2.05) is 0 Å². The lowest BCUT2D eigenvalue weighted by molar-refractivity contribution is 0.0528. The number of nitrogens with one attached hydrogen (secondary N) is 2. The van der Waals surface area contributed by atoms with Gasteiger partial charge in [-0.15, -0.1) is 0 Å². The molecule has 6 nitrogen and oxygen atoms in total. The van der Waals surface area contributed by atoms with Crippen molar-refractivity contribution in [2.24, 2.45) is 0 Å². The molecule has 0 unspecified atom stereocenters. The molecule has 2 N–H and O–H groups in total. The van der Waals surface area contributed by atoms with Crippen molar-refractivity contribution in [2.45, 2.75) is 32.8 Å². The van der Waals surface area contributed by atoms with E-state index in [0.717, 1.165) is 0 Å². The molecule has 0 rings (SSSR count). The maximum Gasteiger partial charge on any atom is 0.407 e. The Labute approximate surface area is 109 Å². The molecular formula is C11H24N2O4S. The predicted octanol–water partition coefficient (Wildman–Crippen LogP) is 0.535. The third kappa shape index (κ3) is 13.2. The molecule has 7 heteroatoms. The summed E-state index contributed by atoms with van der Waals surface area (Å²) in [4.78, 5) is 11.2. The third-order valence-corrected chi connectivity index (χ3v) is 2.87. The van der Waals surface area contributed by atoms with E-state index in [0.29, 0.717) is 26.1 Å². The highest BCUT2D eigenvalue weighted by molar-refractivity contribution is 7.90. The van der Waals surface area contributed by atoms with Crippen molar-refractivity contribution in [3.05, 3.63) is 0 Å². The van der Waals surface area contributed by atoms with Crippen molar-refractivity contribution >= 4 is 15.9 Å². The Balaban J connectivity index is 3.44. The lowest BCUT2D eigenvalue weighted by Gasteiger charge is -2.19. The van der Waals surface area contributed by atoms with Gasteiger partial charge in [-0.3, -0.25) is 0 Å². The number of rotatable bonds is 7. The van der Waals surface area contributed by atoms with Crippen LogP contribution in [0.25, 0.3) is 0 Å². The topological polar surface area (TPSA) is 84.5 Å². The second kappa shape index (κ2) is 7.58. The summed E-state index contributed by atoms with van der Waals surface area (Å²) in [6, 6.07) is 0. The van der Waals surface area contributed by atoms with Crippen LogP contribution in [0, 0.1) is 0 Å². The lowest BCUT2D eigenvalue weighted by Crippen LogP contribution is -2.36. The fraction of sp³-hybridized carbons (Fsp3) is 0.909. The largest absolute Gasteiger partial charge is 0.444 e. The lowest BCUT2D eigenvalue weighted by atomic mass is 10.2. The summed E-state index contributed by atoms with van der Waals surface area (Å²) < 4.78 is 26.7. The van der Waals surface area contributed by atoms with Crippen molar-refractivity contribution < 1.29 is 17.9 Å². The van der Waals surface area contributed by atoms with Gasteiger partial charge in [-0.2, -0.15) is 0 Å². The van der Waals surface area contributed by atoms with Crippen molar-refractivity contribution in [2.75, 3.05) is 31.6 Å². The normalized spacial score (nSPS) is 12.2. The summed E-state index contributed by atoms with van der Waals surface area (Å²) in [6.07, 6.45) is 1.35. The smallest absolute Gasteiger partial charge is 0.407 e. The van der Waals surface area contributed by atoms with Gasteiger partial charge in [-0.1, -0.05) is 0 Å². The summed E-state index contributed by atoms with van der Waals surface area (Å²) in [5.74, 6) is 0.180. The second-order valence-corrected chi connectivity index (χ2v) is 7.42. The molecule has 108 valence electrons. The van der Waals surface area contributed by atoms with Crippen LogP contribution in [0.4, 0.5) is 4.79 Å². The van der Waals surface area contributed by atoms with E-state index in [2.05, 4.69) is 10.6 Å². The van der Waals surface area contributed by atoms with Gasteiger partial charge >= 0.3 is 6.09 Å². The molecule has 0 saturated heterocycles. The van der Waals surface area contributed by atoms with Crippen LogP contribution in [-0.2, 0) is 14.6 Å². The molecule has 1 amide bonds. The molecule has 0 aromatic carbocycles. The molecule has 0 fully saturated rings. The van der Waals surface area contributed by atoms with E-state index in [1.165, 1.54) is 6.26 Å². The first kappa shape index (κ1) is 17.2. The maximum atomic E-state index is 11.2. The molecule has 0 aliphatic carbocycles. The molecule has 0 aliphatic rings. The van der Waals surface area contributed by atoms with E-state index in [-0.39, 0.29) is 5.75 Å². The average Bonchev–Trinajstić information content (AvgIpc) is 2.11. The molecule has 0 spiro atoms. The van der Waals surface area contributed by atoms with E-state index >= 15 is 0 Å². The second-order valence-electron chi connectivity index (χ2n) is 5.16. The van der Waals surface area contributed by atoms with E-state index in [9.17, 15) is 13.2 Å². The number of carbonyl (C=O) groups is 1. The number of ether oxygens (including phenoxy) is 1. The molecule has 0 bridgehead atoms. The summed E-state index contributed by atoms with van der Waals surface area (Å²) in [6.45, 7) is 7.06. The van der Waals surface area contributed by atoms with Crippen LogP contribution in [0.1, 0.15) is 27.2 Å². The summed E-state index contributed by atoms with van der Waals surface area (Å²) in [5.41, 5.74) is -0.493. The van der Waals surface area contributed by atoms with Crippen LogP contribution in [-0.4, -0.2) is 51.8 Å². The first-order valence-electron chi connectivity index (χ1n) is 5.95. The molecule has 0 aliphatic heterocycles. The number of sulfone groups is 1. The van der Waals surface area contributed by atoms with Gasteiger partial charge in [-0.05, 0) is 33.7 Å². The number of hydrogen-bond acceptors (Lipinski definition) is 5. The monoisotopic (exact) mass is 280 g/mol. The molecule has 0 atom stereocenters. The number of amides is 1. The highest BCUT2D eigenvalue weighted by atomic mass is 32.2. The Bertz CT molecular complexity index is 347. The first-order valence-corrected chi connectivity index (χ1v) is 8.01. The quantitative estimate of drug-likeness (QED) is 0.665. The van der Waals surface area contributed by atoms with E-state index in [1.54, 1.807) is 20.8 Å². The van der Waals surface area contributed by atoms with Crippen LogP contribution in [0.5, 0.6) is 0 Å². The van der Waals surface area contributed by atoms with Gasteiger partial charge in [-0.25, -0.2) is 13.2 Å². The van der Waals surface area contributed by atoms with Crippen LogP contribution in [0.15, 0.2) is 0 Å². The molecule has 0 heterocycles. The highest BCUT2D eigenvalue weighted by Gasteiger charge is 2.15. The maximum absolute atomic E-state index is 11.2. The SMILES string of the molecule is CC(C)(C)OC(=O)NCCNCCCS(C)(=O)=O. The third-order valence-electron chi connectivity index (χ3n) is 1.84. The zero-order valence-electron chi connectivity index (χ0n) is 11.6. The highest BCUT2D eigenvalue weighted by Crippen LogP contribution is 2.05. The Morgan fingerprint density at radius 1 is 1.17 bits per heavy atom.